The predicted octanol–water partition coefficient (Wildman–Crippen LogP) is 1.14. The molecule has 0 amide bonds. The van der Waals surface area contributed by atoms with E-state index in [-0.39, 0.29) is 13.0 Å². The summed E-state index contributed by atoms with van der Waals surface area (Å²) in [5, 5.41) is 0. The molecule has 0 unspecified atom stereocenters. The van der Waals surface area contributed by atoms with Gasteiger partial charge in [-0.25, -0.2) is 0 Å². The van der Waals surface area contributed by atoms with Crippen LogP contribution in [0.15, 0.2) is 0 Å². The van der Waals surface area contributed by atoms with Crippen molar-refractivity contribution in [3.05, 3.63) is 0 Å². The molecule has 4 nitrogen and oxygen atoms in total. The fourth-order valence-electron chi connectivity index (χ4n) is 0.393. The molecule has 0 aliphatic rings. The zero-order valence-electron chi connectivity index (χ0n) is 5.91. The van der Waals surface area contributed by atoms with Gasteiger partial charge in [0.1, 0.15) is 0 Å². The molecule has 0 saturated carbocycles. The van der Waals surface area contributed by atoms with E-state index in [0.717, 1.165) is 0 Å². The lowest BCUT2D eigenvalue weighted by Crippen LogP contribution is -2.14. The highest BCUT2D eigenvalue weighted by Crippen LogP contribution is 2.24. The van der Waals surface area contributed by atoms with Gasteiger partial charge in [0.25, 0.3) is 0 Å². The Hall–Kier alpha value is 0.0600. The molecule has 0 atom stereocenters. The molecule has 0 fully saturated rings. The third-order valence-electron chi connectivity index (χ3n) is 0.761. The standard InChI is InChI=1S/C4H8F3O4P/c5-4(6,7)10-2-1-3-11-12(8)9/h8-9H,1-3H2. The summed E-state index contributed by atoms with van der Waals surface area (Å²) in [6.45, 7) is -0.721. The van der Waals surface area contributed by atoms with Crippen LogP contribution in [0.2, 0.25) is 0 Å². The minimum absolute atomic E-state index is 0.0422. The van der Waals surface area contributed by atoms with E-state index < -0.39 is 21.6 Å². The minimum Gasteiger partial charge on any atom is -0.328 e. The number of halogens is 3. The van der Waals surface area contributed by atoms with E-state index in [2.05, 4.69) is 9.26 Å². The second-order valence-electron chi connectivity index (χ2n) is 1.73. The molecule has 0 rings (SSSR count). The van der Waals surface area contributed by atoms with Crippen molar-refractivity contribution in [1.82, 2.24) is 0 Å². The summed E-state index contributed by atoms with van der Waals surface area (Å²) < 4.78 is 41.4. The van der Waals surface area contributed by atoms with Crippen LogP contribution >= 0.6 is 8.60 Å². The highest BCUT2D eigenvalue weighted by atomic mass is 31.2. The summed E-state index contributed by atoms with van der Waals surface area (Å²) >= 11 is 0. The van der Waals surface area contributed by atoms with Crippen LogP contribution < -0.4 is 0 Å². The van der Waals surface area contributed by atoms with Crippen molar-refractivity contribution in [3.63, 3.8) is 0 Å². The molecule has 74 valence electrons. The van der Waals surface area contributed by atoms with Crippen molar-refractivity contribution in [2.75, 3.05) is 13.2 Å². The monoisotopic (exact) mass is 208 g/mol. The molecule has 0 radical (unpaired) electrons. The van der Waals surface area contributed by atoms with Crippen LogP contribution in [-0.2, 0) is 9.26 Å². The maximum Gasteiger partial charge on any atom is 0.522 e. The van der Waals surface area contributed by atoms with E-state index in [0.29, 0.717) is 0 Å². The molecule has 0 bridgehead atoms. The quantitative estimate of drug-likeness (QED) is 0.525. The Labute approximate surface area is 67.9 Å². The van der Waals surface area contributed by atoms with Crippen molar-refractivity contribution in [1.29, 1.82) is 0 Å². The largest absolute Gasteiger partial charge is 0.522 e. The van der Waals surface area contributed by atoms with Gasteiger partial charge in [-0.15, -0.1) is 13.2 Å². The highest BCUT2D eigenvalue weighted by molar-refractivity contribution is 7.39. The zero-order chi connectivity index (χ0) is 9.61. The number of hydrogen-bond donors (Lipinski definition) is 2. The molecule has 0 aliphatic heterocycles. The van der Waals surface area contributed by atoms with Crippen LogP contribution in [0.25, 0.3) is 0 Å². The van der Waals surface area contributed by atoms with Crippen molar-refractivity contribution < 1.29 is 32.2 Å². The predicted molar refractivity (Wildman–Crippen MR) is 33.9 cm³/mol. The van der Waals surface area contributed by atoms with Crippen LogP contribution in [0.3, 0.4) is 0 Å². The molecule has 0 spiro atoms. The van der Waals surface area contributed by atoms with Gasteiger partial charge in [0.15, 0.2) is 0 Å². The van der Waals surface area contributed by atoms with Crippen LogP contribution in [-0.4, -0.2) is 29.4 Å². The zero-order valence-corrected chi connectivity index (χ0v) is 6.81. The van der Waals surface area contributed by atoms with E-state index in [4.69, 9.17) is 9.79 Å². The topological polar surface area (TPSA) is 58.9 Å². The molecule has 8 heteroatoms. The average Bonchev–Trinajstić information content (AvgIpc) is 1.83. The maximum atomic E-state index is 11.3. The second kappa shape index (κ2) is 5.66. The van der Waals surface area contributed by atoms with Crippen molar-refractivity contribution in [2.24, 2.45) is 0 Å². The fourth-order valence-corrected chi connectivity index (χ4v) is 0.685. The van der Waals surface area contributed by atoms with E-state index in [1.807, 2.05) is 0 Å². The van der Waals surface area contributed by atoms with Gasteiger partial charge in [0.2, 0.25) is 0 Å². The van der Waals surface area contributed by atoms with Crippen molar-refractivity contribution in [3.8, 4) is 0 Å². The molecule has 12 heavy (non-hydrogen) atoms. The normalized spacial score (nSPS) is 12.5. The van der Waals surface area contributed by atoms with Crippen LogP contribution in [0.4, 0.5) is 13.2 Å². The number of rotatable bonds is 5. The number of alkyl halides is 3. The van der Waals surface area contributed by atoms with Crippen LogP contribution in [0.5, 0.6) is 0 Å². The van der Waals surface area contributed by atoms with E-state index in [1.54, 1.807) is 0 Å². The summed E-state index contributed by atoms with van der Waals surface area (Å²) in [5.41, 5.74) is 0. The highest BCUT2D eigenvalue weighted by Gasteiger charge is 2.28. The Morgan fingerprint density at radius 2 is 1.75 bits per heavy atom. The summed E-state index contributed by atoms with van der Waals surface area (Å²) in [7, 11) is -2.48. The van der Waals surface area contributed by atoms with Crippen LogP contribution in [0, 0.1) is 0 Å². The fraction of sp³-hybridized carbons (Fsp3) is 1.00. The average molecular weight is 208 g/mol. The van der Waals surface area contributed by atoms with Gasteiger partial charge in [-0.2, -0.15) is 0 Å². The molecule has 0 aromatic heterocycles. The second-order valence-corrected chi connectivity index (χ2v) is 2.50. The van der Waals surface area contributed by atoms with Crippen molar-refractivity contribution >= 4 is 8.60 Å². The summed E-state index contributed by atoms with van der Waals surface area (Å²) in [4.78, 5) is 16.3. The molecular weight excluding hydrogens is 200 g/mol. The Morgan fingerprint density at radius 3 is 2.17 bits per heavy atom. The van der Waals surface area contributed by atoms with Crippen LogP contribution in [0.1, 0.15) is 6.42 Å². The summed E-state index contributed by atoms with van der Waals surface area (Å²) in [6.07, 6.45) is -4.68. The van der Waals surface area contributed by atoms with Gasteiger partial charge < -0.3 is 14.3 Å². The Balaban J connectivity index is 3.12. The summed E-state index contributed by atoms with van der Waals surface area (Å²) in [6, 6.07) is 0. The van der Waals surface area contributed by atoms with Gasteiger partial charge >= 0.3 is 15.0 Å². The first-order valence-corrected chi connectivity index (χ1v) is 4.10. The van der Waals surface area contributed by atoms with Gasteiger partial charge in [-0.1, -0.05) is 0 Å². The molecule has 0 aromatic carbocycles. The number of ether oxygens (including phenoxy) is 1. The minimum atomic E-state index is -4.64. The molecule has 0 saturated heterocycles. The van der Waals surface area contributed by atoms with Crippen molar-refractivity contribution in [2.45, 2.75) is 12.8 Å². The molecular formula is C4H8F3O4P. The molecule has 2 N–H and O–H groups in total. The number of hydrogen-bond acceptors (Lipinski definition) is 4. The first kappa shape index (κ1) is 12.1. The Morgan fingerprint density at radius 1 is 1.17 bits per heavy atom. The lowest BCUT2D eigenvalue weighted by atomic mass is 10.5. The molecule has 0 heterocycles. The lowest BCUT2D eigenvalue weighted by Gasteiger charge is -2.07. The van der Waals surface area contributed by atoms with Gasteiger partial charge in [0, 0.05) is 0 Å². The maximum absolute atomic E-state index is 11.3. The smallest absolute Gasteiger partial charge is 0.328 e. The third-order valence-corrected chi connectivity index (χ3v) is 1.17. The lowest BCUT2D eigenvalue weighted by molar-refractivity contribution is -0.324. The summed E-state index contributed by atoms with van der Waals surface area (Å²) in [5.74, 6) is 0. The Kier molecular flexibility index (Phi) is 5.69. The van der Waals surface area contributed by atoms with Gasteiger partial charge in [-0.05, 0) is 6.42 Å². The SMILES string of the molecule is OP(O)OCCCOC(F)(F)F. The first-order valence-electron chi connectivity index (χ1n) is 2.93. The molecule has 0 aromatic rings. The van der Waals surface area contributed by atoms with Gasteiger partial charge in [-0.3, -0.25) is 4.74 Å². The van der Waals surface area contributed by atoms with E-state index >= 15 is 0 Å². The van der Waals surface area contributed by atoms with E-state index in [9.17, 15) is 13.2 Å². The third kappa shape index (κ3) is 10.1. The van der Waals surface area contributed by atoms with E-state index in [1.165, 1.54) is 0 Å². The van der Waals surface area contributed by atoms with Gasteiger partial charge in [0.05, 0.1) is 13.2 Å². The molecule has 0 aliphatic carbocycles. The Bertz CT molecular complexity index is 117. The first-order chi connectivity index (χ1) is 5.42.